The average Bonchev–Trinajstić information content (AvgIpc) is 2.87. The molecule has 1 saturated heterocycles. The summed E-state index contributed by atoms with van der Waals surface area (Å²) in [6, 6.07) is 0. The summed E-state index contributed by atoms with van der Waals surface area (Å²) in [6.45, 7) is 0.948. The Hall–Kier alpha value is -3.73. The van der Waals surface area contributed by atoms with Crippen LogP contribution in [0.3, 0.4) is 0 Å². The van der Waals surface area contributed by atoms with E-state index in [0.717, 1.165) is 7.11 Å². The van der Waals surface area contributed by atoms with Crippen molar-refractivity contribution in [3.05, 3.63) is 20.8 Å². The number of nitrogens with one attached hydrogen (secondary N) is 3. The number of rotatable bonds is 6. The number of piperidine rings is 1. The Bertz CT molecular complexity index is 1410. The van der Waals surface area contributed by atoms with Gasteiger partial charge in [-0.1, -0.05) is 0 Å². The van der Waals surface area contributed by atoms with Crippen molar-refractivity contribution in [1.82, 2.24) is 15.3 Å². The van der Waals surface area contributed by atoms with Gasteiger partial charge in [0.1, 0.15) is 21.5 Å². The molecule has 2 aromatic carbocycles. The molecule has 0 bridgehead atoms. The highest BCUT2D eigenvalue weighted by molar-refractivity contribution is 9.10. The molecule has 1 aromatic heterocycles. The van der Waals surface area contributed by atoms with E-state index in [1.807, 2.05) is 0 Å². The van der Waals surface area contributed by atoms with Crippen LogP contribution < -0.4 is 25.8 Å². The van der Waals surface area contributed by atoms with Gasteiger partial charge in [-0.05, 0) is 41.9 Å². The molecule has 10 N–H and O–H groups in total. The number of hydrogen-bond acceptors (Lipinski definition) is 13. The molecule has 14 nitrogen and oxygen atoms in total. The maximum absolute atomic E-state index is 14.7. The van der Waals surface area contributed by atoms with Crippen molar-refractivity contribution in [3.63, 3.8) is 0 Å². The maximum atomic E-state index is 14.7. The second kappa shape index (κ2) is 9.62. The first kappa shape index (κ1) is 26.3. The topological polar surface area (TPSA) is 230 Å². The second-order valence-electron chi connectivity index (χ2n) is 8.16. The Balaban J connectivity index is 1.90. The second-order valence-corrected chi connectivity index (χ2v) is 8.95. The van der Waals surface area contributed by atoms with E-state index >= 15 is 0 Å². The van der Waals surface area contributed by atoms with E-state index < -0.39 is 90.5 Å². The third-order valence-electron chi connectivity index (χ3n) is 5.92. The Morgan fingerprint density at radius 3 is 2.30 bits per heavy atom. The third-order valence-corrected chi connectivity index (χ3v) is 6.67. The third kappa shape index (κ3) is 4.48. The Labute approximate surface area is 214 Å². The van der Waals surface area contributed by atoms with Crippen LogP contribution in [0, 0.1) is 11.7 Å². The zero-order valence-corrected chi connectivity index (χ0v) is 20.6. The summed E-state index contributed by atoms with van der Waals surface area (Å²) in [6.07, 6.45) is 0.624. The lowest BCUT2D eigenvalue weighted by molar-refractivity contribution is -0.327. The first-order valence-electron chi connectivity index (χ1n) is 10.7. The number of halogens is 2. The molecule has 37 heavy (non-hydrogen) atoms. The van der Waals surface area contributed by atoms with E-state index in [0.29, 0.717) is 25.9 Å². The number of benzene rings is 2. The van der Waals surface area contributed by atoms with Gasteiger partial charge in [0, 0.05) is 0 Å². The van der Waals surface area contributed by atoms with Gasteiger partial charge in [0.15, 0.2) is 34.6 Å². The normalized spacial score (nSPS) is 14.6. The van der Waals surface area contributed by atoms with Crippen molar-refractivity contribution in [2.45, 2.75) is 18.8 Å². The molecule has 0 aliphatic carbocycles. The van der Waals surface area contributed by atoms with Gasteiger partial charge in [0.2, 0.25) is 11.5 Å². The number of methoxy groups -OCH3 is 1. The summed E-state index contributed by atoms with van der Waals surface area (Å²) in [5.41, 5.74) is -2.60. The van der Waals surface area contributed by atoms with Crippen molar-refractivity contribution in [1.29, 1.82) is 0 Å². The fourth-order valence-electron chi connectivity index (χ4n) is 4.02. The quantitative estimate of drug-likeness (QED) is 0.111. The van der Waals surface area contributed by atoms with Crippen LogP contribution in [0.4, 0.5) is 15.9 Å². The number of ether oxygens (including phenoxy) is 2. The smallest absolute Gasteiger partial charge is 0.347 e. The van der Waals surface area contributed by atoms with Crippen LogP contribution >= 0.6 is 15.9 Å². The van der Waals surface area contributed by atoms with Crippen LogP contribution in [0.25, 0.3) is 10.9 Å². The number of anilines is 2. The molecular formula is C21H22BrFN4O10. The summed E-state index contributed by atoms with van der Waals surface area (Å²) in [5, 5.41) is 77.8. The molecule has 16 heteroatoms. The summed E-state index contributed by atoms with van der Waals surface area (Å²) < 4.78 is 24.5. The van der Waals surface area contributed by atoms with Crippen molar-refractivity contribution >= 4 is 38.3 Å². The largest absolute Gasteiger partial charge is 0.504 e. The molecule has 0 radical (unpaired) electrons. The lowest BCUT2D eigenvalue weighted by Gasteiger charge is -2.34. The van der Waals surface area contributed by atoms with E-state index in [1.165, 1.54) is 0 Å². The van der Waals surface area contributed by atoms with Gasteiger partial charge in [0.25, 0.3) is 0 Å². The number of H-pyrrole nitrogens is 1. The van der Waals surface area contributed by atoms with Crippen LogP contribution in [-0.2, 0) is 0 Å². The van der Waals surface area contributed by atoms with E-state index in [9.17, 15) is 44.9 Å². The van der Waals surface area contributed by atoms with Gasteiger partial charge < -0.3 is 60.8 Å². The number of aromatic hydroxyl groups is 5. The van der Waals surface area contributed by atoms with Crippen LogP contribution in [0.1, 0.15) is 12.8 Å². The Kier molecular flexibility index (Phi) is 6.85. The number of aromatic nitrogens is 2. The number of phenolic OH excluding ortho intramolecular Hbond substituents is 5. The SMILES string of the molecule is COc1c(OC(O)(O)C2CCNCC2)c(O)c2[nH]c(=O)nc(Nc3c(O)c(O)c(Br)c(O)c3F)c2c1O. The average molecular weight is 589 g/mol. The number of phenols is 5. The first-order valence-corrected chi connectivity index (χ1v) is 11.5. The summed E-state index contributed by atoms with van der Waals surface area (Å²) in [4.78, 5) is 18.0. The van der Waals surface area contributed by atoms with Gasteiger partial charge >= 0.3 is 11.7 Å². The van der Waals surface area contributed by atoms with Crippen LogP contribution in [0.5, 0.6) is 40.2 Å². The molecule has 0 amide bonds. The van der Waals surface area contributed by atoms with E-state index in [4.69, 9.17) is 9.47 Å². The molecule has 0 saturated carbocycles. The predicted molar refractivity (Wildman–Crippen MR) is 128 cm³/mol. The number of aromatic amines is 1. The van der Waals surface area contributed by atoms with Crippen LogP contribution in [-0.4, -0.2) is 71.9 Å². The molecule has 2 heterocycles. The number of fused-ring (bicyclic) bond motifs is 1. The van der Waals surface area contributed by atoms with E-state index in [2.05, 4.69) is 36.5 Å². The Morgan fingerprint density at radius 1 is 1.03 bits per heavy atom. The van der Waals surface area contributed by atoms with Crippen molar-refractivity contribution in [2.24, 2.45) is 5.92 Å². The molecule has 4 rings (SSSR count). The molecular weight excluding hydrogens is 567 g/mol. The predicted octanol–water partition coefficient (Wildman–Crippen LogP) is 1.12. The zero-order valence-electron chi connectivity index (χ0n) is 19.0. The fraction of sp³-hybridized carbons (Fsp3) is 0.333. The standard InChI is InChI=1S/C21H22BrFN4O10/c1-36-17-12(28)7-10(16(32)18(17)37-21(34,35)6-2-4-24-5-3-6)26-20(33)27-19(7)25-11-9(23)13(29)8(22)14(30)15(11)31/h6,24,28-32,34-35H,2-5H2,1H3,(H2,25,26,27,33). The maximum Gasteiger partial charge on any atom is 0.347 e. The highest BCUT2D eigenvalue weighted by atomic mass is 79.9. The van der Waals surface area contributed by atoms with Gasteiger partial charge in [-0.2, -0.15) is 4.98 Å². The monoisotopic (exact) mass is 588 g/mol. The molecule has 200 valence electrons. The molecule has 1 aliphatic rings. The minimum absolute atomic E-state index is 0.312. The van der Waals surface area contributed by atoms with Crippen molar-refractivity contribution < 1.29 is 49.6 Å². The van der Waals surface area contributed by atoms with Gasteiger partial charge in [-0.25, -0.2) is 9.18 Å². The Morgan fingerprint density at radius 2 is 1.68 bits per heavy atom. The van der Waals surface area contributed by atoms with Crippen molar-refractivity contribution in [3.8, 4) is 40.2 Å². The van der Waals surface area contributed by atoms with Gasteiger partial charge in [-0.15, -0.1) is 0 Å². The highest BCUT2D eigenvalue weighted by Crippen LogP contribution is 2.53. The van der Waals surface area contributed by atoms with E-state index in [1.54, 1.807) is 0 Å². The van der Waals surface area contributed by atoms with Gasteiger partial charge in [0.05, 0.1) is 18.4 Å². The molecule has 1 fully saturated rings. The minimum Gasteiger partial charge on any atom is -0.504 e. The lowest BCUT2D eigenvalue weighted by Crippen LogP contribution is -2.48. The summed E-state index contributed by atoms with van der Waals surface area (Å²) in [7, 11) is 1.07. The highest BCUT2D eigenvalue weighted by Gasteiger charge is 2.40. The first-order chi connectivity index (χ1) is 17.4. The zero-order chi connectivity index (χ0) is 27.2. The summed E-state index contributed by atoms with van der Waals surface area (Å²) >= 11 is 2.71. The van der Waals surface area contributed by atoms with Crippen LogP contribution in [0.2, 0.25) is 0 Å². The molecule has 1 aliphatic heterocycles. The molecule has 3 aromatic rings. The molecule has 0 spiro atoms. The van der Waals surface area contributed by atoms with Crippen LogP contribution in [0.15, 0.2) is 9.27 Å². The molecule has 0 atom stereocenters. The number of aliphatic hydroxyl groups is 2. The fourth-order valence-corrected chi connectivity index (χ4v) is 4.38. The number of hydrogen-bond donors (Lipinski definition) is 10. The van der Waals surface area contributed by atoms with Crippen molar-refractivity contribution in [2.75, 3.05) is 25.5 Å². The van der Waals surface area contributed by atoms with Gasteiger partial charge in [-0.3, -0.25) is 0 Å². The lowest BCUT2D eigenvalue weighted by atomic mass is 9.95. The van der Waals surface area contributed by atoms with E-state index in [-0.39, 0.29) is 0 Å². The molecule has 0 unspecified atom stereocenters. The minimum atomic E-state index is -2.80. The number of nitrogens with zero attached hydrogens (tertiary/aromatic N) is 1. The summed E-state index contributed by atoms with van der Waals surface area (Å²) in [5.74, 6) is -11.9.